The Morgan fingerprint density at radius 1 is 1.31 bits per heavy atom. The number of hydrogen-bond acceptors (Lipinski definition) is 2. The molecule has 1 aromatic rings. The highest BCUT2D eigenvalue weighted by atomic mass is 19.4. The molecule has 0 atom stereocenters. The second-order valence-electron chi connectivity index (χ2n) is 2.65. The quantitative estimate of drug-likeness (QED) is 0.631. The first kappa shape index (κ1) is 9.83. The van der Waals surface area contributed by atoms with Crippen molar-refractivity contribution in [2.24, 2.45) is 0 Å². The summed E-state index contributed by atoms with van der Waals surface area (Å²) in [4.78, 5) is 10.9. The third-order valence-corrected chi connectivity index (χ3v) is 1.70. The second-order valence-corrected chi connectivity index (χ2v) is 2.65. The van der Waals surface area contributed by atoms with Gasteiger partial charge in [-0.25, -0.2) is 0 Å². The molecule has 0 saturated heterocycles. The van der Waals surface area contributed by atoms with Crippen LogP contribution in [0.1, 0.15) is 17.1 Å². The highest BCUT2D eigenvalue weighted by Gasteiger charge is 2.34. The van der Waals surface area contributed by atoms with Crippen molar-refractivity contribution >= 4 is 0 Å². The van der Waals surface area contributed by atoms with Crippen LogP contribution in [0.25, 0.3) is 0 Å². The zero-order chi connectivity index (χ0) is 10.2. The van der Waals surface area contributed by atoms with E-state index in [1.54, 1.807) is 0 Å². The Labute approximate surface area is 72.0 Å². The Morgan fingerprint density at radius 2 is 1.85 bits per heavy atom. The fraction of sp³-hybridized carbons (Fsp3) is 0.375. The van der Waals surface area contributed by atoms with Crippen molar-refractivity contribution in [2.45, 2.75) is 20.0 Å². The summed E-state index contributed by atoms with van der Waals surface area (Å²) in [5.74, 6) is -1.25. The van der Waals surface area contributed by atoms with Crippen molar-refractivity contribution in [3.63, 3.8) is 0 Å². The van der Waals surface area contributed by atoms with Gasteiger partial charge >= 0.3 is 6.18 Å². The highest BCUT2D eigenvalue weighted by molar-refractivity contribution is 5.17. The molecule has 0 saturated carbocycles. The molecule has 72 valence electrons. The minimum atomic E-state index is -4.60. The lowest BCUT2D eigenvalue weighted by Crippen LogP contribution is -2.13. The number of rotatable bonds is 0. The standard InChI is InChI=1S/C8H7F3O2/c1-4-5(2)13-7(3-6(4)12)8(9,10)11/h3H,1-2H3. The van der Waals surface area contributed by atoms with Crippen molar-refractivity contribution in [3.05, 3.63) is 33.4 Å². The number of alkyl halides is 3. The lowest BCUT2D eigenvalue weighted by Gasteiger charge is -2.06. The van der Waals surface area contributed by atoms with Gasteiger partial charge < -0.3 is 4.42 Å². The molecule has 0 bridgehead atoms. The summed E-state index contributed by atoms with van der Waals surface area (Å²) in [5.41, 5.74) is -0.455. The molecular weight excluding hydrogens is 185 g/mol. The lowest BCUT2D eigenvalue weighted by atomic mass is 10.2. The summed E-state index contributed by atoms with van der Waals surface area (Å²) < 4.78 is 40.6. The van der Waals surface area contributed by atoms with Crippen LogP contribution in [0.3, 0.4) is 0 Å². The van der Waals surface area contributed by atoms with E-state index in [-0.39, 0.29) is 11.3 Å². The van der Waals surface area contributed by atoms with Gasteiger partial charge in [0.25, 0.3) is 0 Å². The number of halogens is 3. The average molecular weight is 192 g/mol. The molecule has 0 N–H and O–H groups in total. The van der Waals surface area contributed by atoms with E-state index >= 15 is 0 Å². The van der Waals surface area contributed by atoms with E-state index in [2.05, 4.69) is 4.42 Å². The minimum Gasteiger partial charge on any atom is -0.456 e. The van der Waals surface area contributed by atoms with Crippen LogP contribution in [0.2, 0.25) is 0 Å². The van der Waals surface area contributed by atoms with Crippen LogP contribution in [-0.2, 0) is 6.18 Å². The van der Waals surface area contributed by atoms with Gasteiger partial charge in [0.1, 0.15) is 5.76 Å². The van der Waals surface area contributed by atoms with Crippen molar-refractivity contribution in [1.82, 2.24) is 0 Å². The maximum absolute atomic E-state index is 12.0. The van der Waals surface area contributed by atoms with E-state index in [9.17, 15) is 18.0 Å². The Hall–Kier alpha value is -1.26. The fourth-order valence-corrected chi connectivity index (χ4v) is 0.811. The molecular formula is C8H7F3O2. The second kappa shape index (κ2) is 2.90. The molecule has 5 heteroatoms. The van der Waals surface area contributed by atoms with Gasteiger partial charge in [0.05, 0.1) is 0 Å². The minimum absolute atomic E-state index is 0.000162. The monoisotopic (exact) mass is 192 g/mol. The zero-order valence-corrected chi connectivity index (χ0v) is 7.03. The van der Waals surface area contributed by atoms with E-state index < -0.39 is 17.4 Å². The molecule has 1 heterocycles. The van der Waals surface area contributed by atoms with Gasteiger partial charge in [-0.3, -0.25) is 4.79 Å². The first-order chi connectivity index (χ1) is 5.82. The van der Waals surface area contributed by atoms with Crippen LogP contribution in [0.5, 0.6) is 0 Å². The van der Waals surface area contributed by atoms with Crippen LogP contribution in [0.15, 0.2) is 15.3 Å². The third-order valence-electron chi connectivity index (χ3n) is 1.70. The summed E-state index contributed by atoms with van der Waals surface area (Å²) in [6.45, 7) is 2.74. The SMILES string of the molecule is Cc1oc(C(F)(F)F)cc(=O)c1C. The Kier molecular flexibility index (Phi) is 2.19. The summed E-state index contributed by atoms with van der Waals surface area (Å²) in [6.07, 6.45) is -4.60. The Bertz CT molecular complexity index is 376. The van der Waals surface area contributed by atoms with Gasteiger partial charge in [0.15, 0.2) is 5.43 Å². The molecule has 0 spiro atoms. The van der Waals surface area contributed by atoms with Gasteiger partial charge in [-0.2, -0.15) is 13.2 Å². The molecule has 0 aliphatic heterocycles. The van der Waals surface area contributed by atoms with Gasteiger partial charge in [-0.15, -0.1) is 0 Å². The van der Waals surface area contributed by atoms with E-state index in [1.165, 1.54) is 13.8 Å². The Balaban J connectivity index is 3.38. The summed E-state index contributed by atoms with van der Waals surface area (Å²) >= 11 is 0. The summed E-state index contributed by atoms with van der Waals surface area (Å²) in [6, 6.07) is 0.461. The molecule has 1 rings (SSSR count). The number of hydrogen-bond donors (Lipinski definition) is 0. The zero-order valence-electron chi connectivity index (χ0n) is 7.03. The summed E-state index contributed by atoms with van der Waals surface area (Å²) in [5, 5.41) is 0. The molecule has 0 aliphatic rings. The summed E-state index contributed by atoms with van der Waals surface area (Å²) in [7, 11) is 0. The van der Waals surface area contributed by atoms with Crippen LogP contribution in [-0.4, -0.2) is 0 Å². The topological polar surface area (TPSA) is 30.2 Å². The largest absolute Gasteiger partial charge is 0.456 e. The van der Waals surface area contributed by atoms with Gasteiger partial charge in [0, 0.05) is 11.6 Å². The van der Waals surface area contributed by atoms with E-state index in [4.69, 9.17) is 0 Å². The van der Waals surface area contributed by atoms with Gasteiger partial charge in [0.2, 0.25) is 5.76 Å². The fourth-order valence-electron chi connectivity index (χ4n) is 0.811. The molecule has 0 unspecified atom stereocenters. The van der Waals surface area contributed by atoms with Crippen molar-refractivity contribution in [2.75, 3.05) is 0 Å². The predicted molar refractivity (Wildman–Crippen MR) is 39.5 cm³/mol. The van der Waals surface area contributed by atoms with Crippen molar-refractivity contribution in [1.29, 1.82) is 0 Å². The highest BCUT2D eigenvalue weighted by Crippen LogP contribution is 2.28. The van der Waals surface area contributed by atoms with Gasteiger partial charge in [-0.05, 0) is 13.8 Å². The molecule has 0 amide bonds. The predicted octanol–water partition coefficient (Wildman–Crippen LogP) is 2.28. The maximum atomic E-state index is 12.0. The first-order valence-electron chi connectivity index (χ1n) is 3.51. The lowest BCUT2D eigenvalue weighted by molar-refractivity contribution is -0.154. The third kappa shape index (κ3) is 1.91. The normalized spacial score (nSPS) is 11.8. The molecule has 0 radical (unpaired) electrons. The Morgan fingerprint density at radius 3 is 2.23 bits per heavy atom. The van der Waals surface area contributed by atoms with E-state index in [0.717, 1.165) is 0 Å². The van der Waals surface area contributed by atoms with Crippen LogP contribution >= 0.6 is 0 Å². The smallest absolute Gasteiger partial charge is 0.449 e. The molecule has 0 aromatic carbocycles. The van der Waals surface area contributed by atoms with Gasteiger partial charge in [-0.1, -0.05) is 0 Å². The molecule has 0 aliphatic carbocycles. The van der Waals surface area contributed by atoms with Crippen LogP contribution in [0, 0.1) is 13.8 Å². The molecule has 2 nitrogen and oxygen atoms in total. The molecule has 0 fully saturated rings. The maximum Gasteiger partial charge on any atom is 0.449 e. The van der Waals surface area contributed by atoms with E-state index in [0.29, 0.717) is 6.07 Å². The number of aryl methyl sites for hydroxylation is 1. The average Bonchev–Trinajstić information content (AvgIpc) is 1.97. The molecule has 1 aromatic heterocycles. The van der Waals surface area contributed by atoms with E-state index in [1.807, 2.05) is 0 Å². The van der Waals surface area contributed by atoms with Crippen LogP contribution < -0.4 is 5.43 Å². The van der Waals surface area contributed by atoms with Crippen LogP contribution in [0.4, 0.5) is 13.2 Å². The van der Waals surface area contributed by atoms with Crippen molar-refractivity contribution in [3.8, 4) is 0 Å². The molecule has 13 heavy (non-hydrogen) atoms. The first-order valence-corrected chi connectivity index (χ1v) is 3.51. The van der Waals surface area contributed by atoms with Crippen molar-refractivity contribution < 1.29 is 17.6 Å².